The normalized spacial score (nSPS) is 22.2. The van der Waals surface area contributed by atoms with Gasteiger partial charge in [0, 0.05) is 11.9 Å². The van der Waals surface area contributed by atoms with E-state index < -0.39 is 29.9 Å². The molecule has 2 atom stereocenters. The topological polar surface area (TPSA) is 167 Å². The molecular formula is C14H15N5O6S2. The number of aromatic nitrogens is 1. The van der Waals surface area contributed by atoms with E-state index in [1.807, 2.05) is 0 Å². The zero-order valence-corrected chi connectivity index (χ0v) is 15.5. The molecule has 3 rings (SSSR count). The Morgan fingerprint density at radius 2 is 2.30 bits per heavy atom. The number of hydrogen-bond acceptors (Lipinski definition) is 10. The molecule has 0 spiro atoms. The second-order valence-corrected chi connectivity index (χ2v) is 7.53. The number of nitrogen functional groups attached to an aromatic ring is 1. The predicted molar refractivity (Wildman–Crippen MR) is 96.8 cm³/mol. The summed E-state index contributed by atoms with van der Waals surface area (Å²) in [6, 6.07) is -0.935. The Morgan fingerprint density at radius 1 is 1.56 bits per heavy atom. The number of aliphatic hydroxyl groups excluding tert-OH is 1. The smallest absolute Gasteiger partial charge is 0.342 e. The lowest BCUT2D eigenvalue weighted by Gasteiger charge is -2.49. The maximum atomic E-state index is 12.6. The van der Waals surface area contributed by atoms with Crippen molar-refractivity contribution in [3.05, 3.63) is 21.6 Å². The third-order valence-electron chi connectivity index (χ3n) is 3.90. The van der Waals surface area contributed by atoms with Crippen LogP contribution in [-0.4, -0.2) is 75.3 Å². The fourth-order valence-corrected chi connectivity index (χ4v) is 4.48. The molecule has 13 heteroatoms. The first kappa shape index (κ1) is 19.1. The van der Waals surface area contributed by atoms with Crippen molar-refractivity contribution in [3.63, 3.8) is 0 Å². The number of hydrogen-bond donors (Lipinski definition) is 4. The molecule has 0 saturated carbocycles. The summed E-state index contributed by atoms with van der Waals surface area (Å²) in [5.41, 5.74) is 5.87. The minimum Gasteiger partial charge on any atom is -0.477 e. The number of carbonyl (C=O) groups excluding carboxylic acids is 2. The molecule has 1 fully saturated rings. The molecule has 0 aromatic carbocycles. The highest BCUT2D eigenvalue weighted by molar-refractivity contribution is 8.04. The van der Waals surface area contributed by atoms with E-state index in [-0.39, 0.29) is 39.5 Å². The van der Waals surface area contributed by atoms with Crippen LogP contribution in [0.5, 0.6) is 0 Å². The molecule has 5 N–H and O–H groups in total. The number of oxime groups is 1. The third-order valence-corrected chi connectivity index (χ3v) is 6.04. The van der Waals surface area contributed by atoms with Crippen molar-refractivity contribution in [3.8, 4) is 0 Å². The zero-order chi connectivity index (χ0) is 19.7. The van der Waals surface area contributed by atoms with Gasteiger partial charge in [-0.2, -0.15) is 0 Å². The number of carboxylic acid groups (broad SMARTS) is 1. The number of aliphatic hydroxyl groups is 1. The van der Waals surface area contributed by atoms with E-state index in [0.717, 1.165) is 23.1 Å². The molecule has 0 unspecified atom stereocenters. The molecule has 0 bridgehead atoms. The largest absolute Gasteiger partial charge is 0.477 e. The molecule has 2 aliphatic heterocycles. The van der Waals surface area contributed by atoms with Gasteiger partial charge in [-0.15, -0.1) is 11.3 Å². The van der Waals surface area contributed by atoms with Gasteiger partial charge in [-0.3, -0.25) is 9.59 Å². The number of thioether (sulfide) groups is 1. The number of carbonyl (C=O) groups is 3. The Kier molecular flexibility index (Phi) is 5.34. The summed E-state index contributed by atoms with van der Waals surface area (Å²) in [5.74, 6) is -2.27. The fourth-order valence-electron chi connectivity index (χ4n) is 2.66. The molecule has 11 nitrogen and oxygen atoms in total. The summed E-state index contributed by atoms with van der Waals surface area (Å²) in [7, 11) is 1.26. The minimum absolute atomic E-state index is 0.00262. The molecule has 2 amide bonds. The van der Waals surface area contributed by atoms with Crippen LogP contribution in [0.15, 0.2) is 21.0 Å². The fraction of sp³-hybridized carbons (Fsp3) is 0.357. The van der Waals surface area contributed by atoms with E-state index in [1.165, 1.54) is 17.4 Å². The molecule has 144 valence electrons. The molecule has 0 radical (unpaired) electrons. The molecule has 0 aliphatic carbocycles. The third kappa shape index (κ3) is 3.48. The van der Waals surface area contributed by atoms with Crippen LogP contribution in [-0.2, 0) is 19.2 Å². The van der Waals surface area contributed by atoms with E-state index in [0.29, 0.717) is 0 Å². The van der Waals surface area contributed by atoms with Crippen LogP contribution in [0.2, 0.25) is 0 Å². The number of fused-ring (bicyclic) bond motifs is 1. The molecule has 1 aromatic rings. The van der Waals surface area contributed by atoms with Crippen LogP contribution in [0.3, 0.4) is 0 Å². The highest BCUT2D eigenvalue weighted by Gasteiger charge is 2.52. The van der Waals surface area contributed by atoms with Gasteiger partial charge in [-0.25, -0.2) is 9.78 Å². The Morgan fingerprint density at radius 3 is 2.85 bits per heavy atom. The highest BCUT2D eigenvalue weighted by Crippen LogP contribution is 2.41. The van der Waals surface area contributed by atoms with E-state index >= 15 is 0 Å². The number of rotatable bonds is 6. The lowest BCUT2D eigenvalue weighted by molar-refractivity contribution is -0.147. The van der Waals surface area contributed by atoms with E-state index in [9.17, 15) is 24.6 Å². The van der Waals surface area contributed by atoms with Crippen LogP contribution < -0.4 is 11.1 Å². The summed E-state index contributed by atoms with van der Waals surface area (Å²) in [6.07, 6.45) is 0. The SMILES string of the molecule is CO/N=C(/C(=O)N[C@@H]1C(=O)N2CC(CO)=C(C(=O)O)S[C@@H]12)c1csc(N)n1. The summed E-state index contributed by atoms with van der Waals surface area (Å²) in [5, 5.41) is 25.9. The maximum absolute atomic E-state index is 12.6. The van der Waals surface area contributed by atoms with Gasteiger partial charge in [0.25, 0.3) is 5.91 Å². The van der Waals surface area contributed by atoms with Crippen LogP contribution in [0, 0.1) is 0 Å². The second-order valence-electron chi connectivity index (χ2n) is 5.52. The molecular weight excluding hydrogens is 398 g/mol. The van der Waals surface area contributed by atoms with E-state index in [2.05, 4.69) is 20.3 Å². The lowest BCUT2D eigenvalue weighted by Crippen LogP contribution is -2.71. The minimum atomic E-state index is -1.19. The Labute approximate surface area is 160 Å². The molecule has 1 saturated heterocycles. The van der Waals surface area contributed by atoms with Gasteiger partial charge in [0.2, 0.25) is 5.91 Å². The number of nitrogens with one attached hydrogen (secondary N) is 1. The number of carboxylic acids is 1. The standard InChI is InChI=1S/C14H15N5O6S2/c1-25-18-7(6-4-26-14(15)16-6)10(21)17-8-11(22)19-2-5(3-20)9(13(23)24)27-12(8)19/h4,8,12,20H,2-3H2,1H3,(H2,15,16)(H,17,21)(H,23,24)/b18-7+/t8-,12+/m1/s1. The molecule has 27 heavy (non-hydrogen) atoms. The number of aliphatic carboxylic acids is 1. The number of β-lactam (4-membered cyclic amide) rings is 1. The van der Waals surface area contributed by atoms with Gasteiger partial charge < -0.3 is 31.0 Å². The monoisotopic (exact) mass is 413 g/mol. The van der Waals surface area contributed by atoms with Crippen LogP contribution in [0.4, 0.5) is 5.13 Å². The molecule has 2 aliphatic rings. The molecule has 1 aromatic heterocycles. The van der Waals surface area contributed by atoms with Crippen molar-refractivity contribution in [1.29, 1.82) is 0 Å². The van der Waals surface area contributed by atoms with Crippen molar-refractivity contribution < 1.29 is 29.4 Å². The quantitative estimate of drug-likeness (QED) is 0.254. The highest BCUT2D eigenvalue weighted by atomic mass is 32.2. The Hall–Kier alpha value is -2.64. The summed E-state index contributed by atoms with van der Waals surface area (Å²) in [4.78, 5) is 46.2. The number of amides is 2. The van der Waals surface area contributed by atoms with Crippen molar-refractivity contribution in [2.45, 2.75) is 11.4 Å². The first-order chi connectivity index (χ1) is 12.9. The average molecular weight is 413 g/mol. The van der Waals surface area contributed by atoms with Crippen molar-refractivity contribution in [2.75, 3.05) is 26.0 Å². The van der Waals surface area contributed by atoms with E-state index in [4.69, 9.17) is 5.73 Å². The van der Waals surface area contributed by atoms with Crippen molar-refractivity contribution in [1.82, 2.24) is 15.2 Å². The number of thiazole rings is 1. The van der Waals surface area contributed by atoms with Gasteiger partial charge in [-0.05, 0) is 5.57 Å². The van der Waals surface area contributed by atoms with Gasteiger partial charge >= 0.3 is 5.97 Å². The van der Waals surface area contributed by atoms with Gasteiger partial charge in [0.15, 0.2) is 10.8 Å². The van der Waals surface area contributed by atoms with Crippen molar-refractivity contribution >= 4 is 51.7 Å². The first-order valence-electron chi connectivity index (χ1n) is 7.54. The number of nitrogens with two attached hydrogens (primary N) is 1. The van der Waals surface area contributed by atoms with Gasteiger partial charge in [0.1, 0.15) is 24.2 Å². The summed E-state index contributed by atoms with van der Waals surface area (Å²) >= 11 is 2.02. The lowest BCUT2D eigenvalue weighted by atomic mass is 10.0. The average Bonchev–Trinajstić information content (AvgIpc) is 3.08. The predicted octanol–water partition coefficient (Wildman–Crippen LogP) is -1.19. The van der Waals surface area contributed by atoms with Crippen molar-refractivity contribution in [2.24, 2.45) is 5.16 Å². The Bertz CT molecular complexity index is 866. The summed E-state index contributed by atoms with van der Waals surface area (Å²) < 4.78 is 0. The van der Waals surface area contributed by atoms with E-state index in [1.54, 1.807) is 0 Å². The molecule has 3 heterocycles. The number of anilines is 1. The Balaban J connectivity index is 1.77. The number of nitrogens with zero attached hydrogens (tertiary/aromatic N) is 3. The maximum Gasteiger partial charge on any atom is 0.342 e. The zero-order valence-electron chi connectivity index (χ0n) is 13.9. The van der Waals surface area contributed by atoms with Gasteiger partial charge in [-0.1, -0.05) is 16.9 Å². The summed E-state index contributed by atoms with van der Waals surface area (Å²) in [6.45, 7) is -0.458. The first-order valence-corrected chi connectivity index (χ1v) is 9.30. The van der Waals surface area contributed by atoms with Crippen LogP contribution >= 0.6 is 23.1 Å². The second kappa shape index (κ2) is 7.54. The van der Waals surface area contributed by atoms with Crippen LogP contribution in [0.25, 0.3) is 0 Å². The van der Waals surface area contributed by atoms with Crippen LogP contribution in [0.1, 0.15) is 5.69 Å². The van der Waals surface area contributed by atoms with Gasteiger partial charge in [0.05, 0.1) is 11.5 Å².